The van der Waals surface area contributed by atoms with E-state index in [-0.39, 0.29) is 5.91 Å². The predicted octanol–water partition coefficient (Wildman–Crippen LogP) is 4.22. The lowest BCUT2D eigenvalue weighted by atomic mass is 9.83. The van der Waals surface area contributed by atoms with Gasteiger partial charge in [0.2, 0.25) is 5.91 Å². The monoisotopic (exact) mass is 267 g/mol. The topological polar surface area (TPSA) is 29.1 Å². The fraction of sp³-hybridized carbons (Fsp3) is 0.278. The Kier molecular flexibility index (Phi) is 3.93. The van der Waals surface area contributed by atoms with Gasteiger partial charge >= 0.3 is 0 Å². The Labute approximate surface area is 120 Å². The van der Waals surface area contributed by atoms with Crippen molar-refractivity contribution in [3.05, 3.63) is 65.2 Å². The molecule has 0 saturated carbocycles. The van der Waals surface area contributed by atoms with Crippen LogP contribution in [0.3, 0.4) is 0 Å². The molecule has 20 heavy (non-hydrogen) atoms. The Hall–Kier alpha value is -2.09. The molecule has 0 aliphatic carbocycles. The molecule has 0 aliphatic rings. The van der Waals surface area contributed by atoms with Gasteiger partial charge < -0.3 is 5.32 Å². The Morgan fingerprint density at radius 1 is 0.950 bits per heavy atom. The minimum Gasteiger partial charge on any atom is -0.325 e. The maximum atomic E-state index is 12.6. The molecule has 2 heteroatoms. The summed E-state index contributed by atoms with van der Waals surface area (Å²) in [5.41, 5.74) is 3.60. The number of hydrogen-bond acceptors (Lipinski definition) is 1. The zero-order chi connectivity index (χ0) is 14.8. The van der Waals surface area contributed by atoms with Crippen LogP contribution in [0.1, 0.15) is 30.5 Å². The van der Waals surface area contributed by atoms with Crippen LogP contribution in [0.2, 0.25) is 0 Å². The molecular formula is C18H21NO. The molecule has 2 rings (SSSR count). The largest absolute Gasteiger partial charge is 0.325 e. The number of carbonyl (C=O) groups is 1. The molecule has 0 radical (unpaired) electrons. The van der Waals surface area contributed by atoms with Crippen molar-refractivity contribution in [2.75, 3.05) is 5.32 Å². The molecule has 0 aliphatic heterocycles. The minimum atomic E-state index is -0.560. The number of rotatable bonds is 3. The van der Waals surface area contributed by atoms with E-state index in [4.69, 9.17) is 0 Å². The van der Waals surface area contributed by atoms with E-state index in [1.54, 1.807) is 0 Å². The van der Waals surface area contributed by atoms with Crippen molar-refractivity contribution in [1.82, 2.24) is 0 Å². The first-order valence-corrected chi connectivity index (χ1v) is 6.85. The molecule has 0 fully saturated rings. The van der Waals surface area contributed by atoms with E-state index in [1.165, 1.54) is 5.56 Å². The Balaban J connectivity index is 2.23. The van der Waals surface area contributed by atoms with Crippen LogP contribution >= 0.6 is 0 Å². The van der Waals surface area contributed by atoms with Gasteiger partial charge in [0.05, 0.1) is 5.41 Å². The summed E-state index contributed by atoms with van der Waals surface area (Å²) in [7, 11) is 0. The zero-order valence-corrected chi connectivity index (χ0v) is 12.5. The van der Waals surface area contributed by atoms with E-state index in [0.717, 1.165) is 16.8 Å². The Bertz CT molecular complexity index is 612. The van der Waals surface area contributed by atoms with E-state index in [0.29, 0.717) is 0 Å². The van der Waals surface area contributed by atoms with Crippen molar-refractivity contribution in [2.24, 2.45) is 0 Å². The van der Waals surface area contributed by atoms with E-state index in [9.17, 15) is 4.79 Å². The average Bonchev–Trinajstić information content (AvgIpc) is 2.41. The molecule has 0 spiro atoms. The highest BCUT2D eigenvalue weighted by Gasteiger charge is 2.29. The molecule has 2 nitrogen and oxygen atoms in total. The third-order valence-electron chi connectivity index (χ3n) is 3.73. The highest BCUT2D eigenvalue weighted by molar-refractivity contribution is 5.99. The van der Waals surface area contributed by atoms with Gasteiger partial charge in [-0.1, -0.05) is 48.0 Å². The van der Waals surface area contributed by atoms with Crippen molar-refractivity contribution in [3.63, 3.8) is 0 Å². The summed E-state index contributed by atoms with van der Waals surface area (Å²) in [6, 6.07) is 15.9. The number of benzene rings is 2. The summed E-state index contributed by atoms with van der Waals surface area (Å²) in [5.74, 6) is 0.00986. The SMILES string of the molecule is Cc1ccc(C(C)(C)C(=O)Nc2ccccc2C)cc1. The molecule has 0 unspecified atom stereocenters. The van der Waals surface area contributed by atoms with Gasteiger partial charge in [-0.05, 0) is 44.9 Å². The first-order chi connectivity index (χ1) is 9.41. The third-order valence-corrected chi connectivity index (χ3v) is 3.73. The molecule has 0 atom stereocenters. The van der Waals surface area contributed by atoms with Crippen molar-refractivity contribution < 1.29 is 4.79 Å². The van der Waals surface area contributed by atoms with Gasteiger partial charge in [-0.15, -0.1) is 0 Å². The third kappa shape index (κ3) is 2.90. The number of carbonyl (C=O) groups excluding carboxylic acids is 1. The number of anilines is 1. The van der Waals surface area contributed by atoms with E-state index in [1.807, 2.05) is 76.2 Å². The lowest BCUT2D eigenvalue weighted by Crippen LogP contribution is -2.34. The van der Waals surface area contributed by atoms with Crippen LogP contribution in [0.25, 0.3) is 0 Å². The van der Waals surface area contributed by atoms with Crippen LogP contribution < -0.4 is 5.32 Å². The summed E-state index contributed by atoms with van der Waals surface area (Å²) in [4.78, 5) is 12.6. The zero-order valence-electron chi connectivity index (χ0n) is 12.5. The minimum absolute atomic E-state index is 0.00986. The summed E-state index contributed by atoms with van der Waals surface area (Å²) >= 11 is 0. The lowest BCUT2D eigenvalue weighted by Gasteiger charge is -2.25. The molecule has 104 valence electrons. The van der Waals surface area contributed by atoms with Gasteiger partial charge in [0, 0.05) is 5.69 Å². The fourth-order valence-corrected chi connectivity index (χ4v) is 2.09. The van der Waals surface area contributed by atoms with Gasteiger partial charge in [0.1, 0.15) is 0 Å². The predicted molar refractivity (Wildman–Crippen MR) is 84.0 cm³/mol. The van der Waals surface area contributed by atoms with Gasteiger partial charge in [-0.2, -0.15) is 0 Å². The Morgan fingerprint density at radius 3 is 2.15 bits per heavy atom. The van der Waals surface area contributed by atoms with E-state index >= 15 is 0 Å². The quantitative estimate of drug-likeness (QED) is 0.886. The van der Waals surface area contributed by atoms with Gasteiger partial charge in [0.15, 0.2) is 0 Å². The van der Waals surface area contributed by atoms with Crippen molar-refractivity contribution in [1.29, 1.82) is 0 Å². The summed E-state index contributed by atoms with van der Waals surface area (Å²) in [5, 5.41) is 3.02. The highest BCUT2D eigenvalue weighted by Crippen LogP contribution is 2.26. The maximum absolute atomic E-state index is 12.6. The maximum Gasteiger partial charge on any atom is 0.234 e. The fourth-order valence-electron chi connectivity index (χ4n) is 2.09. The molecule has 0 heterocycles. The number of aryl methyl sites for hydroxylation is 2. The summed E-state index contributed by atoms with van der Waals surface area (Å²) < 4.78 is 0. The van der Waals surface area contributed by atoms with Crippen LogP contribution in [0.4, 0.5) is 5.69 Å². The van der Waals surface area contributed by atoms with Crippen molar-refractivity contribution in [2.45, 2.75) is 33.1 Å². The van der Waals surface area contributed by atoms with Crippen LogP contribution in [0.5, 0.6) is 0 Å². The van der Waals surface area contributed by atoms with Crippen molar-refractivity contribution >= 4 is 11.6 Å². The van der Waals surface area contributed by atoms with Crippen LogP contribution in [0.15, 0.2) is 48.5 Å². The van der Waals surface area contributed by atoms with E-state index in [2.05, 4.69) is 5.32 Å². The number of para-hydroxylation sites is 1. The molecular weight excluding hydrogens is 246 g/mol. The number of hydrogen-bond donors (Lipinski definition) is 1. The molecule has 1 amide bonds. The second-order valence-corrected chi connectivity index (χ2v) is 5.76. The van der Waals surface area contributed by atoms with Gasteiger partial charge in [-0.3, -0.25) is 4.79 Å². The second-order valence-electron chi connectivity index (χ2n) is 5.76. The normalized spacial score (nSPS) is 11.2. The number of amides is 1. The van der Waals surface area contributed by atoms with Crippen molar-refractivity contribution in [3.8, 4) is 0 Å². The van der Waals surface area contributed by atoms with Crippen LogP contribution in [-0.4, -0.2) is 5.91 Å². The van der Waals surface area contributed by atoms with Crippen LogP contribution in [0, 0.1) is 13.8 Å². The molecule has 1 N–H and O–H groups in total. The van der Waals surface area contributed by atoms with Gasteiger partial charge in [0.25, 0.3) is 0 Å². The molecule has 2 aromatic rings. The smallest absolute Gasteiger partial charge is 0.234 e. The molecule has 0 bridgehead atoms. The molecule has 2 aromatic carbocycles. The molecule has 0 saturated heterocycles. The summed E-state index contributed by atoms with van der Waals surface area (Å²) in [6.07, 6.45) is 0. The van der Waals surface area contributed by atoms with E-state index < -0.39 is 5.41 Å². The first kappa shape index (κ1) is 14.3. The van der Waals surface area contributed by atoms with Gasteiger partial charge in [-0.25, -0.2) is 0 Å². The highest BCUT2D eigenvalue weighted by atomic mass is 16.2. The first-order valence-electron chi connectivity index (χ1n) is 6.85. The second kappa shape index (κ2) is 5.49. The number of nitrogens with one attached hydrogen (secondary N) is 1. The molecule has 0 aromatic heterocycles. The standard InChI is InChI=1S/C18H21NO/c1-13-9-11-15(12-10-13)18(3,4)17(20)19-16-8-6-5-7-14(16)2/h5-12H,1-4H3,(H,19,20). The lowest BCUT2D eigenvalue weighted by molar-refractivity contribution is -0.120. The summed E-state index contributed by atoms with van der Waals surface area (Å²) in [6.45, 7) is 7.94. The van der Waals surface area contributed by atoms with Crippen LogP contribution in [-0.2, 0) is 10.2 Å². The average molecular weight is 267 g/mol. The Morgan fingerprint density at radius 2 is 1.55 bits per heavy atom.